The Labute approximate surface area is 112 Å². The van der Waals surface area contributed by atoms with Gasteiger partial charge < -0.3 is 5.73 Å². The summed E-state index contributed by atoms with van der Waals surface area (Å²) < 4.78 is 0. The van der Waals surface area contributed by atoms with Gasteiger partial charge in [-0.15, -0.1) is 0 Å². The molecular weight excluding hydrogens is 278 g/mol. The van der Waals surface area contributed by atoms with Crippen molar-refractivity contribution in [2.24, 2.45) is 5.73 Å². The molecule has 1 unspecified atom stereocenters. The second-order valence-electron chi connectivity index (χ2n) is 3.42. The molecule has 0 spiro atoms. The summed E-state index contributed by atoms with van der Waals surface area (Å²) in [6, 6.07) is 4.21. The maximum atomic E-state index is 12.2. The lowest BCUT2D eigenvalue weighted by atomic mass is 10.1. The predicted octanol–water partition coefficient (Wildman–Crippen LogP) is 2.15. The van der Waals surface area contributed by atoms with Gasteiger partial charge in [0.2, 0.25) is 0 Å². The van der Waals surface area contributed by atoms with Crippen LogP contribution in [-0.2, 0) is 0 Å². The molecule has 1 amide bonds. The number of hydrogen-bond acceptors (Lipinski definition) is 5. The monoisotopic (exact) mass is 285 g/mol. The third-order valence-corrected chi connectivity index (χ3v) is 3.44. The van der Waals surface area contributed by atoms with E-state index in [0.29, 0.717) is 0 Å². The van der Waals surface area contributed by atoms with Gasteiger partial charge in [-0.25, -0.2) is 0 Å². The minimum Gasteiger partial charge on any atom is -0.302 e. The van der Waals surface area contributed by atoms with E-state index in [9.17, 15) is 14.9 Å². The van der Waals surface area contributed by atoms with Gasteiger partial charge in [-0.05, 0) is 17.5 Å². The molecule has 1 aromatic carbocycles. The highest BCUT2D eigenvalue weighted by Crippen LogP contribution is 2.31. The second-order valence-corrected chi connectivity index (χ2v) is 4.85. The number of nitro groups is 1. The zero-order chi connectivity index (χ0) is 13.3. The van der Waals surface area contributed by atoms with Crippen LogP contribution in [-0.4, -0.2) is 21.2 Å². The molecule has 1 aliphatic heterocycles. The van der Waals surface area contributed by atoms with Crippen LogP contribution in [0.25, 0.3) is 0 Å². The molecule has 0 aromatic heterocycles. The van der Waals surface area contributed by atoms with Crippen LogP contribution in [0.2, 0.25) is 5.02 Å². The maximum absolute atomic E-state index is 12.2. The molecular formula is C10H8ClN3O3S. The second kappa shape index (κ2) is 4.97. The molecule has 1 atom stereocenters. The summed E-state index contributed by atoms with van der Waals surface area (Å²) in [7, 11) is 0. The van der Waals surface area contributed by atoms with Gasteiger partial charge in [0.15, 0.2) is 0 Å². The molecule has 18 heavy (non-hydrogen) atoms. The summed E-state index contributed by atoms with van der Waals surface area (Å²) in [6.45, 7) is 0. The smallest absolute Gasteiger partial charge is 0.300 e. The number of carbonyl (C=O) groups is 1. The summed E-state index contributed by atoms with van der Waals surface area (Å²) in [5, 5.41) is 12.5. The van der Waals surface area contributed by atoms with E-state index >= 15 is 0 Å². The van der Waals surface area contributed by atoms with E-state index in [0.717, 1.165) is 0 Å². The van der Waals surface area contributed by atoms with Crippen molar-refractivity contribution in [2.75, 3.05) is 0 Å². The van der Waals surface area contributed by atoms with Crippen molar-refractivity contribution in [2.45, 2.75) is 5.50 Å². The standard InChI is InChI=1S/C10H8ClN3O3S/c11-7-3-1-2-6(8(7)14(16)17)9(15)13-4-5-18-10(13)12/h1-5,10H,12H2. The SMILES string of the molecule is NC1SC=CN1C(=O)c1cccc(Cl)c1[N+](=O)[O-]. The van der Waals surface area contributed by atoms with Crippen LogP contribution in [0.1, 0.15) is 10.4 Å². The number of nitro benzene ring substituents is 1. The van der Waals surface area contributed by atoms with Crippen molar-refractivity contribution in [1.82, 2.24) is 4.90 Å². The third-order valence-electron chi connectivity index (χ3n) is 2.35. The summed E-state index contributed by atoms with van der Waals surface area (Å²) in [6.07, 6.45) is 1.49. The van der Waals surface area contributed by atoms with Gasteiger partial charge in [0, 0.05) is 6.20 Å². The highest BCUT2D eigenvalue weighted by molar-refractivity contribution is 8.02. The average molecular weight is 286 g/mol. The zero-order valence-corrected chi connectivity index (χ0v) is 10.5. The van der Waals surface area contributed by atoms with E-state index in [2.05, 4.69) is 0 Å². The molecule has 1 aliphatic rings. The fourth-order valence-electron chi connectivity index (χ4n) is 1.53. The van der Waals surface area contributed by atoms with Crippen molar-refractivity contribution in [3.63, 3.8) is 0 Å². The van der Waals surface area contributed by atoms with Crippen molar-refractivity contribution in [3.05, 3.63) is 50.5 Å². The number of rotatable bonds is 2. The molecule has 0 radical (unpaired) electrons. The van der Waals surface area contributed by atoms with E-state index in [1.54, 1.807) is 5.41 Å². The lowest BCUT2D eigenvalue weighted by Crippen LogP contribution is -2.37. The van der Waals surface area contributed by atoms with Gasteiger partial charge in [0.25, 0.3) is 5.91 Å². The molecule has 0 saturated carbocycles. The number of nitrogens with zero attached hydrogens (tertiary/aromatic N) is 2. The van der Waals surface area contributed by atoms with Crippen LogP contribution in [0.15, 0.2) is 29.8 Å². The Morgan fingerprint density at radius 1 is 1.56 bits per heavy atom. The Kier molecular flexibility index (Phi) is 3.55. The number of amides is 1. The third kappa shape index (κ3) is 2.20. The number of para-hydroxylation sites is 1. The van der Waals surface area contributed by atoms with Gasteiger partial charge in [0.1, 0.15) is 16.1 Å². The molecule has 0 saturated heterocycles. The van der Waals surface area contributed by atoms with Crippen molar-refractivity contribution in [3.8, 4) is 0 Å². The average Bonchev–Trinajstić information content (AvgIpc) is 2.73. The van der Waals surface area contributed by atoms with Crippen LogP contribution < -0.4 is 5.73 Å². The first kappa shape index (κ1) is 12.9. The number of thioether (sulfide) groups is 1. The lowest BCUT2D eigenvalue weighted by Gasteiger charge is -2.18. The first-order valence-electron chi connectivity index (χ1n) is 4.85. The number of carbonyl (C=O) groups excluding carboxylic acids is 1. The zero-order valence-electron chi connectivity index (χ0n) is 8.95. The molecule has 0 aliphatic carbocycles. The summed E-state index contributed by atoms with van der Waals surface area (Å²) >= 11 is 6.99. The van der Waals surface area contributed by atoms with Crippen LogP contribution in [0, 0.1) is 10.1 Å². The summed E-state index contributed by atoms with van der Waals surface area (Å²) in [4.78, 5) is 23.6. The number of halogens is 1. The van der Waals surface area contributed by atoms with Gasteiger partial charge in [-0.2, -0.15) is 0 Å². The summed E-state index contributed by atoms with van der Waals surface area (Å²) in [5.41, 5.74) is 4.64. The van der Waals surface area contributed by atoms with Crippen LogP contribution in [0.5, 0.6) is 0 Å². The summed E-state index contributed by atoms with van der Waals surface area (Å²) in [5.74, 6) is -0.544. The highest BCUT2D eigenvalue weighted by atomic mass is 35.5. The lowest BCUT2D eigenvalue weighted by molar-refractivity contribution is -0.385. The first-order chi connectivity index (χ1) is 8.52. The molecule has 1 heterocycles. The van der Waals surface area contributed by atoms with Crippen molar-refractivity contribution < 1.29 is 9.72 Å². The van der Waals surface area contributed by atoms with E-state index in [1.807, 2.05) is 0 Å². The largest absolute Gasteiger partial charge is 0.302 e. The minimum atomic E-state index is -0.673. The molecule has 2 rings (SSSR count). The Hall–Kier alpha value is -1.57. The fourth-order valence-corrected chi connectivity index (χ4v) is 2.43. The Morgan fingerprint density at radius 2 is 2.28 bits per heavy atom. The molecule has 6 nitrogen and oxygen atoms in total. The maximum Gasteiger partial charge on any atom is 0.300 e. The van der Waals surface area contributed by atoms with E-state index in [-0.39, 0.29) is 10.6 Å². The van der Waals surface area contributed by atoms with Gasteiger partial charge in [-0.3, -0.25) is 19.8 Å². The highest BCUT2D eigenvalue weighted by Gasteiger charge is 2.30. The molecule has 8 heteroatoms. The van der Waals surface area contributed by atoms with E-state index < -0.39 is 22.0 Å². The predicted molar refractivity (Wildman–Crippen MR) is 69.0 cm³/mol. The minimum absolute atomic E-state index is 0.0738. The van der Waals surface area contributed by atoms with Crippen LogP contribution in [0.4, 0.5) is 5.69 Å². The Balaban J connectivity index is 2.45. The van der Waals surface area contributed by atoms with Crippen LogP contribution >= 0.6 is 23.4 Å². The number of benzene rings is 1. The Bertz CT molecular complexity index is 549. The first-order valence-corrected chi connectivity index (χ1v) is 6.17. The van der Waals surface area contributed by atoms with Gasteiger partial charge in [-0.1, -0.05) is 29.4 Å². The van der Waals surface area contributed by atoms with Crippen molar-refractivity contribution >= 4 is 35.0 Å². The van der Waals surface area contributed by atoms with Gasteiger partial charge >= 0.3 is 5.69 Å². The molecule has 94 valence electrons. The molecule has 0 fully saturated rings. The number of nitrogens with two attached hydrogens (primary N) is 1. The van der Waals surface area contributed by atoms with Gasteiger partial charge in [0.05, 0.1) is 4.92 Å². The Morgan fingerprint density at radius 3 is 2.83 bits per heavy atom. The van der Waals surface area contributed by atoms with Crippen molar-refractivity contribution in [1.29, 1.82) is 0 Å². The molecule has 2 N–H and O–H groups in total. The van der Waals surface area contributed by atoms with Crippen LogP contribution in [0.3, 0.4) is 0 Å². The van der Waals surface area contributed by atoms with E-state index in [4.69, 9.17) is 17.3 Å². The van der Waals surface area contributed by atoms with E-state index in [1.165, 1.54) is 41.1 Å². The molecule has 1 aromatic rings. The topological polar surface area (TPSA) is 89.5 Å². The fraction of sp³-hybridized carbons (Fsp3) is 0.100. The quantitative estimate of drug-likeness (QED) is 0.664. The normalized spacial score (nSPS) is 18.1. The molecule has 0 bridgehead atoms. The number of hydrogen-bond donors (Lipinski definition) is 1.